The maximum Gasteiger partial charge on any atom is 0.139 e. The monoisotopic (exact) mass is 352 g/mol. The van der Waals surface area contributed by atoms with Crippen LogP contribution in [0, 0.1) is 0 Å². The third-order valence-corrected chi connectivity index (χ3v) is 6.45. The molecular weight excluding hydrogens is 328 g/mol. The van der Waals surface area contributed by atoms with E-state index in [4.69, 9.17) is 4.74 Å². The van der Waals surface area contributed by atoms with Gasteiger partial charge in [-0.3, -0.25) is 0 Å². The zero-order valence-corrected chi connectivity index (χ0v) is 15.6. The Morgan fingerprint density at radius 3 is 2.92 bits per heavy atom. The highest BCUT2D eigenvalue weighted by Gasteiger charge is 2.29. The van der Waals surface area contributed by atoms with E-state index in [2.05, 4.69) is 72.1 Å². The number of nitrogens with one attached hydrogen (secondary N) is 2. The normalized spacial score (nSPS) is 18.1. The summed E-state index contributed by atoms with van der Waals surface area (Å²) in [6, 6.07) is 12.9. The molecule has 1 aliphatic heterocycles. The average Bonchev–Trinajstić information content (AvgIpc) is 3.31. The predicted octanol–water partition coefficient (Wildman–Crippen LogP) is 5.06. The van der Waals surface area contributed by atoms with Crippen LogP contribution in [-0.2, 0) is 16.7 Å². The lowest BCUT2D eigenvalue weighted by atomic mass is 9.89. The van der Waals surface area contributed by atoms with Gasteiger partial charge in [-0.1, -0.05) is 31.2 Å². The van der Waals surface area contributed by atoms with Gasteiger partial charge in [-0.25, -0.2) is 0 Å². The molecule has 0 saturated heterocycles. The van der Waals surface area contributed by atoms with Crippen molar-refractivity contribution in [2.75, 3.05) is 13.7 Å². The maximum atomic E-state index is 6.04. The van der Waals surface area contributed by atoms with Crippen molar-refractivity contribution in [1.82, 2.24) is 10.3 Å². The minimum Gasteiger partial charge on any atom is -0.491 e. The molecule has 0 bridgehead atoms. The molecule has 0 amide bonds. The molecule has 1 aromatic carbocycles. The fourth-order valence-electron chi connectivity index (χ4n) is 3.81. The van der Waals surface area contributed by atoms with Crippen LogP contribution in [0.15, 0.2) is 47.9 Å². The van der Waals surface area contributed by atoms with E-state index in [0.29, 0.717) is 0 Å². The SMILES string of the molecule is CCC(C/C=C1\OCCc2c1[nH]c1ccccc21)(NC)c1cccs1. The van der Waals surface area contributed by atoms with Gasteiger partial charge in [0.15, 0.2) is 0 Å². The molecule has 1 atom stereocenters. The predicted molar refractivity (Wildman–Crippen MR) is 106 cm³/mol. The van der Waals surface area contributed by atoms with Crippen LogP contribution in [0.2, 0.25) is 0 Å². The summed E-state index contributed by atoms with van der Waals surface area (Å²) < 4.78 is 6.04. The number of aromatic nitrogens is 1. The summed E-state index contributed by atoms with van der Waals surface area (Å²) in [7, 11) is 2.05. The minimum atomic E-state index is -0.0336. The number of hydrogen-bond acceptors (Lipinski definition) is 3. The molecule has 0 spiro atoms. The fourth-order valence-corrected chi connectivity index (χ4v) is 4.82. The Hall–Kier alpha value is -2.04. The molecule has 4 rings (SSSR count). The van der Waals surface area contributed by atoms with Crippen molar-refractivity contribution in [2.45, 2.75) is 31.7 Å². The molecule has 3 nitrogen and oxygen atoms in total. The lowest BCUT2D eigenvalue weighted by Gasteiger charge is -2.31. The minimum absolute atomic E-state index is 0.0336. The Balaban J connectivity index is 1.71. The number of hydrogen-bond donors (Lipinski definition) is 2. The van der Waals surface area contributed by atoms with Gasteiger partial charge < -0.3 is 15.0 Å². The van der Waals surface area contributed by atoms with Crippen molar-refractivity contribution in [3.8, 4) is 0 Å². The molecule has 2 N–H and O–H groups in total. The second kappa shape index (κ2) is 6.70. The van der Waals surface area contributed by atoms with Gasteiger partial charge in [0.25, 0.3) is 0 Å². The largest absolute Gasteiger partial charge is 0.491 e. The standard InChI is InChI=1S/C21H24N2OS/c1-3-21(22-2,19-9-6-14-25-19)12-10-18-20-16(11-13-24-18)15-7-4-5-8-17(15)23-20/h4-10,14,22-23H,3,11-13H2,1-2H3/b18-10-. The first kappa shape index (κ1) is 16.4. The van der Waals surface area contributed by atoms with Crippen LogP contribution in [0.4, 0.5) is 0 Å². The van der Waals surface area contributed by atoms with Crippen molar-refractivity contribution < 1.29 is 4.74 Å². The van der Waals surface area contributed by atoms with Gasteiger partial charge >= 0.3 is 0 Å². The Morgan fingerprint density at radius 2 is 2.16 bits per heavy atom. The van der Waals surface area contributed by atoms with Gasteiger partial charge in [-0.2, -0.15) is 0 Å². The molecule has 4 heteroatoms. The molecule has 1 aliphatic rings. The van der Waals surface area contributed by atoms with Gasteiger partial charge in [-0.15, -0.1) is 11.3 Å². The number of aromatic amines is 1. The highest BCUT2D eigenvalue weighted by molar-refractivity contribution is 7.10. The van der Waals surface area contributed by atoms with Crippen molar-refractivity contribution >= 4 is 28.0 Å². The molecule has 3 aromatic rings. The van der Waals surface area contributed by atoms with E-state index < -0.39 is 0 Å². The van der Waals surface area contributed by atoms with E-state index >= 15 is 0 Å². The van der Waals surface area contributed by atoms with Crippen LogP contribution in [-0.4, -0.2) is 18.6 Å². The van der Waals surface area contributed by atoms with E-state index in [1.165, 1.54) is 21.3 Å². The van der Waals surface area contributed by atoms with Gasteiger partial charge in [-0.05, 0) is 49.0 Å². The van der Waals surface area contributed by atoms with E-state index in [9.17, 15) is 0 Å². The second-order valence-corrected chi connectivity index (χ2v) is 7.51. The summed E-state index contributed by atoms with van der Waals surface area (Å²) in [5, 5.41) is 7.03. The molecule has 0 saturated carbocycles. The summed E-state index contributed by atoms with van der Waals surface area (Å²) in [4.78, 5) is 4.94. The summed E-state index contributed by atoms with van der Waals surface area (Å²) in [6.07, 6.45) is 5.16. The molecule has 25 heavy (non-hydrogen) atoms. The van der Waals surface area contributed by atoms with Gasteiger partial charge in [0.1, 0.15) is 5.76 Å². The smallest absolute Gasteiger partial charge is 0.139 e. The van der Waals surface area contributed by atoms with Crippen molar-refractivity contribution in [3.05, 3.63) is 64.0 Å². The first-order chi connectivity index (χ1) is 12.3. The first-order valence-electron chi connectivity index (χ1n) is 8.93. The molecule has 0 aliphatic carbocycles. The van der Waals surface area contributed by atoms with Crippen molar-refractivity contribution in [3.63, 3.8) is 0 Å². The van der Waals surface area contributed by atoms with Gasteiger partial charge in [0.05, 0.1) is 17.8 Å². The van der Waals surface area contributed by atoms with Gasteiger partial charge in [0, 0.05) is 22.2 Å². The lowest BCUT2D eigenvalue weighted by molar-refractivity contribution is 0.266. The third kappa shape index (κ3) is 2.79. The molecular formula is C21H24N2OS. The van der Waals surface area contributed by atoms with Crippen LogP contribution in [0.25, 0.3) is 16.7 Å². The number of rotatable bonds is 5. The Labute approximate surface area is 152 Å². The van der Waals surface area contributed by atoms with E-state index in [1.54, 1.807) is 0 Å². The van der Waals surface area contributed by atoms with Crippen LogP contribution in [0.1, 0.15) is 35.9 Å². The second-order valence-electron chi connectivity index (χ2n) is 6.56. The summed E-state index contributed by atoms with van der Waals surface area (Å²) in [6.45, 7) is 2.99. The van der Waals surface area contributed by atoms with Crippen molar-refractivity contribution in [2.24, 2.45) is 0 Å². The van der Waals surface area contributed by atoms with E-state index in [0.717, 1.165) is 37.3 Å². The highest BCUT2D eigenvalue weighted by atomic mass is 32.1. The van der Waals surface area contributed by atoms with Crippen LogP contribution >= 0.6 is 11.3 Å². The number of ether oxygens (including phenoxy) is 1. The topological polar surface area (TPSA) is 37.0 Å². The van der Waals surface area contributed by atoms with E-state index in [-0.39, 0.29) is 5.54 Å². The van der Waals surface area contributed by atoms with E-state index in [1.807, 2.05) is 11.3 Å². The zero-order valence-electron chi connectivity index (χ0n) is 14.8. The molecule has 0 fully saturated rings. The van der Waals surface area contributed by atoms with Gasteiger partial charge in [0.2, 0.25) is 0 Å². The average molecular weight is 353 g/mol. The summed E-state index contributed by atoms with van der Waals surface area (Å²) in [5.74, 6) is 0.988. The Morgan fingerprint density at radius 1 is 1.28 bits per heavy atom. The summed E-state index contributed by atoms with van der Waals surface area (Å²) >= 11 is 1.81. The van der Waals surface area contributed by atoms with Crippen molar-refractivity contribution in [1.29, 1.82) is 0 Å². The quantitative estimate of drug-likeness (QED) is 0.673. The summed E-state index contributed by atoms with van der Waals surface area (Å²) in [5.41, 5.74) is 3.70. The molecule has 1 unspecified atom stereocenters. The molecule has 0 radical (unpaired) electrons. The number of benzene rings is 1. The zero-order chi connectivity index (χ0) is 17.3. The third-order valence-electron chi connectivity index (χ3n) is 5.38. The van der Waals surface area contributed by atoms with Crippen LogP contribution < -0.4 is 5.32 Å². The number of para-hydroxylation sites is 1. The molecule has 130 valence electrons. The van der Waals surface area contributed by atoms with Crippen LogP contribution in [0.3, 0.4) is 0 Å². The number of thiophene rings is 1. The first-order valence-corrected chi connectivity index (χ1v) is 9.81. The highest BCUT2D eigenvalue weighted by Crippen LogP contribution is 2.36. The number of H-pyrrole nitrogens is 1. The fraction of sp³-hybridized carbons (Fsp3) is 0.333. The lowest BCUT2D eigenvalue weighted by Crippen LogP contribution is -2.38. The molecule has 3 heterocycles. The van der Waals surface area contributed by atoms with Crippen LogP contribution in [0.5, 0.6) is 0 Å². The Bertz CT molecular complexity index is 888. The Kier molecular flexibility index (Phi) is 4.40. The number of fused-ring (bicyclic) bond motifs is 3. The molecule has 2 aromatic heterocycles. The maximum absolute atomic E-state index is 6.04.